The van der Waals surface area contributed by atoms with Gasteiger partial charge in [-0.15, -0.1) is 0 Å². The Kier molecular flexibility index (Phi) is 3.36. The van der Waals surface area contributed by atoms with Crippen LogP contribution >= 0.6 is 0 Å². The van der Waals surface area contributed by atoms with Gasteiger partial charge in [0.25, 0.3) is 5.91 Å². The van der Waals surface area contributed by atoms with Crippen LogP contribution in [0, 0.1) is 11.8 Å². The highest BCUT2D eigenvalue weighted by Crippen LogP contribution is 2.34. The summed E-state index contributed by atoms with van der Waals surface area (Å²) in [6.07, 6.45) is 8.23. The first-order chi connectivity index (χ1) is 9.26. The van der Waals surface area contributed by atoms with E-state index in [1.807, 2.05) is 4.90 Å². The van der Waals surface area contributed by atoms with Crippen LogP contribution in [0.1, 0.15) is 36.2 Å². The second-order valence-corrected chi connectivity index (χ2v) is 5.63. The molecule has 5 nitrogen and oxygen atoms in total. The highest BCUT2D eigenvalue weighted by atomic mass is 16.2. The number of hydrogen-bond acceptors (Lipinski definition) is 4. The van der Waals surface area contributed by atoms with Crippen molar-refractivity contribution in [1.82, 2.24) is 14.9 Å². The molecule has 1 aromatic rings. The van der Waals surface area contributed by atoms with Crippen LogP contribution in [-0.2, 0) is 0 Å². The van der Waals surface area contributed by atoms with Crippen LogP contribution in [0.4, 0.5) is 5.82 Å². The number of carbonyl (C=O) groups excluding carboxylic acids is 1. The van der Waals surface area contributed by atoms with Gasteiger partial charge in [-0.1, -0.05) is 0 Å². The van der Waals surface area contributed by atoms with Crippen molar-refractivity contribution in [2.24, 2.45) is 11.8 Å². The maximum Gasteiger partial charge on any atom is 0.274 e. The van der Waals surface area contributed by atoms with Crippen LogP contribution in [0.25, 0.3) is 0 Å². The number of hydrogen-bond donors (Lipinski definition) is 1. The minimum Gasteiger partial charge on any atom is -0.372 e. The lowest BCUT2D eigenvalue weighted by atomic mass is 10.2. The second kappa shape index (κ2) is 5.15. The summed E-state index contributed by atoms with van der Waals surface area (Å²) in [7, 11) is 1.79. The summed E-state index contributed by atoms with van der Waals surface area (Å²) >= 11 is 0. The van der Waals surface area contributed by atoms with Gasteiger partial charge in [0.15, 0.2) is 0 Å². The fourth-order valence-corrected chi connectivity index (χ4v) is 2.19. The third-order valence-electron chi connectivity index (χ3n) is 3.77. The van der Waals surface area contributed by atoms with Crippen molar-refractivity contribution in [3.8, 4) is 0 Å². The van der Waals surface area contributed by atoms with Gasteiger partial charge in [-0.2, -0.15) is 0 Å². The van der Waals surface area contributed by atoms with Crippen molar-refractivity contribution in [2.75, 3.05) is 25.5 Å². The molecule has 2 fully saturated rings. The van der Waals surface area contributed by atoms with E-state index >= 15 is 0 Å². The molecule has 2 aliphatic rings. The van der Waals surface area contributed by atoms with E-state index in [1.54, 1.807) is 19.4 Å². The molecular formula is C14H20N4O. The number of aromatic nitrogens is 2. The summed E-state index contributed by atoms with van der Waals surface area (Å²) in [6, 6.07) is 0. The molecule has 2 aliphatic carbocycles. The molecule has 0 saturated heterocycles. The summed E-state index contributed by atoms with van der Waals surface area (Å²) < 4.78 is 0. The Bertz CT molecular complexity index is 437. The largest absolute Gasteiger partial charge is 0.372 e. The zero-order chi connectivity index (χ0) is 13.2. The van der Waals surface area contributed by atoms with E-state index in [1.165, 1.54) is 25.7 Å². The van der Waals surface area contributed by atoms with Gasteiger partial charge in [-0.25, -0.2) is 9.97 Å². The molecule has 3 rings (SSSR count). The van der Waals surface area contributed by atoms with Crippen molar-refractivity contribution >= 4 is 11.7 Å². The second-order valence-electron chi connectivity index (χ2n) is 5.63. The van der Waals surface area contributed by atoms with Gasteiger partial charge in [0.05, 0.1) is 12.4 Å². The number of anilines is 1. The molecule has 5 heteroatoms. The van der Waals surface area contributed by atoms with E-state index in [9.17, 15) is 4.79 Å². The zero-order valence-corrected chi connectivity index (χ0v) is 11.3. The van der Waals surface area contributed by atoms with E-state index in [2.05, 4.69) is 15.3 Å². The maximum absolute atomic E-state index is 12.5. The smallest absolute Gasteiger partial charge is 0.274 e. The summed E-state index contributed by atoms with van der Waals surface area (Å²) in [4.78, 5) is 22.8. The van der Waals surface area contributed by atoms with Crippen molar-refractivity contribution < 1.29 is 4.79 Å². The molecule has 1 heterocycles. The van der Waals surface area contributed by atoms with Gasteiger partial charge in [-0.3, -0.25) is 4.79 Å². The first-order valence-corrected chi connectivity index (χ1v) is 7.05. The first-order valence-electron chi connectivity index (χ1n) is 7.05. The predicted molar refractivity (Wildman–Crippen MR) is 72.9 cm³/mol. The number of amides is 1. The lowest BCUT2D eigenvalue weighted by molar-refractivity contribution is 0.0733. The van der Waals surface area contributed by atoms with Crippen LogP contribution in [-0.4, -0.2) is 40.9 Å². The molecule has 2 saturated carbocycles. The van der Waals surface area contributed by atoms with Crippen LogP contribution in [0.15, 0.2) is 12.4 Å². The maximum atomic E-state index is 12.5. The molecule has 1 aromatic heterocycles. The molecule has 19 heavy (non-hydrogen) atoms. The molecular weight excluding hydrogens is 240 g/mol. The third-order valence-corrected chi connectivity index (χ3v) is 3.77. The van der Waals surface area contributed by atoms with Crippen molar-refractivity contribution in [3.05, 3.63) is 18.1 Å². The molecule has 102 valence electrons. The molecule has 0 unspecified atom stereocenters. The monoisotopic (exact) mass is 260 g/mol. The molecule has 1 amide bonds. The number of carbonyl (C=O) groups is 1. The zero-order valence-electron chi connectivity index (χ0n) is 11.3. The normalized spacial score (nSPS) is 18.2. The molecule has 0 radical (unpaired) electrons. The van der Waals surface area contributed by atoms with Gasteiger partial charge in [0.1, 0.15) is 11.5 Å². The standard InChI is InChI=1S/C14H20N4O/c1-15-13-7-16-12(6-17-13)14(19)18(8-10-2-3-10)9-11-4-5-11/h6-7,10-11H,2-5,8-9H2,1H3,(H,15,17). The van der Waals surface area contributed by atoms with Gasteiger partial charge < -0.3 is 10.2 Å². The Morgan fingerprint density at radius 3 is 2.26 bits per heavy atom. The van der Waals surface area contributed by atoms with Crippen molar-refractivity contribution in [1.29, 1.82) is 0 Å². The quantitative estimate of drug-likeness (QED) is 0.847. The van der Waals surface area contributed by atoms with E-state index in [0.717, 1.165) is 13.1 Å². The van der Waals surface area contributed by atoms with Crippen LogP contribution in [0.5, 0.6) is 0 Å². The minimum atomic E-state index is 0.0361. The Labute approximate surface area is 113 Å². The molecule has 0 aliphatic heterocycles. The highest BCUT2D eigenvalue weighted by Gasteiger charge is 2.32. The number of nitrogens with one attached hydrogen (secondary N) is 1. The van der Waals surface area contributed by atoms with E-state index in [0.29, 0.717) is 23.3 Å². The van der Waals surface area contributed by atoms with Crippen LogP contribution in [0.3, 0.4) is 0 Å². The predicted octanol–water partition coefficient (Wildman–Crippen LogP) is 1.78. The lowest BCUT2D eigenvalue weighted by Gasteiger charge is -2.22. The van der Waals surface area contributed by atoms with Gasteiger partial charge in [0.2, 0.25) is 0 Å². The number of nitrogens with zero attached hydrogens (tertiary/aromatic N) is 3. The van der Waals surface area contributed by atoms with Crippen molar-refractivity contribution in [3.63, 3.8) is 0 Å². The fraction of sp³-hybridized carbons (Fsp3) is 0.643. The van der Waals surface area contributed by atoms with Crippen molar-refractivity contribution in [2.45, 2.75) is 25.7 Å². The molecule has 0 aromatic carbocycles. The topological polar surface area (TPSA) is 58.1 Å². The van der Waals surface area contributed by atoms with E-state index in [-0.39, 0.29) is 5.91 Å². The Morgan fingerprint density at radius 1 is 1.21 bits per heavy atom. The summed E-state index contributed by atoms with van der Waals surface area (Å²) in [5.74, 6) is 2.15. The highest BCUT2D eigenvalue weighted by molar-refractivity contribution is 5.92. The van der Waals surface area contributed by atoms with Crippen LogP contribution in [0.2, 0.25) is 0 Å². The Balaban J connectivity index is 1.69. The lowest BCUT2D eigenvalue weighted by Crippen LogP contribution is -2.35. The third kappa shape index (κ3) is 3.22. The Morgan fingerprint density at radius 2 is 1.84 bits per heavy atom. The molecule has 0 atom stereocenters. The summed E-state index contributed by atoms with van der Waals surface area (Å²) in [6.45, 7) is 1.79. The minimum absolute atomic E-state index is 0.0361. The summed E-state index contributed by atoms with van der Waals surface area (Å²) in [5, 5.41) is 2.91. The SMILES string of the molecule is CNc1cnc(C(=O)N(CC2CC2)CC2CC2)cn1. The Hall–Kier alpha value is -1.65. The fourth-order valence-electron chi connectivity index (χ4n) is 2.19. The first kappa shape index (κ1) is 12.4. The van der Waals surface area contributed by atoms with Gasteiger partial charge in [-0.05, 0) is 37.5 Å². The molecule has 0 spiro atoms. The van der Waals surface area contributed by atoms with E-state index < -0.39 is 0 Å². The van der Waals surface area contributed by atoms with Gasteiger partial charge >= 0.3 is 0 Å². The van der Waals surface area contributed by atoms with Gasteiger partial charge in [0, 0.05) is 20.1 Å². The summed E-state index contributed by atoms with van der Waals surface area (Å²) in [5.41, 5.74) is 0.459. The average molecular weight is 260 g/mol. The molecule has 0 bridgehead atoms. The van der Waals surface area contributed by atoms with E-state index in [4.69, 9.17) is 0 Å². The average Bonchev–Trinajstić information content (AvgIpc) is 3.32. The number of rotatable bonds is 6. The van der Waals surface area contributed by atoms with Crippen LogP contribution < -0.4 is 5.32 Å². The molecule has 1 N–H and O–H groups in total.